The number of nitrogens with one attached hydrogen (secondary N) is 1. The number of methoxy groups -OCH3 is 1. The molecule has 0 heterocycles. The van der Waals surface area contributed by atoms with Crippen molar-refractivity contribution in [3.05, 3.63) is 59.2 Å². The van der Waals surface area contributed by atoms with Gasteiger partial charge in [-0.2, -0.15) is 0 Å². The SMILES string of the molecule is CCc1ccc(C(NC(=O)COc2ccc(C(C)=O)cc2OC)C(C)C)cc1. The average Bonchev–Trinajstić information content (AvgIpc) is 2.70. The zero-order valence-corrected chi connectivity index (χ0v) is 17.2. The maximum absolute atomic E-state index is 12.5. The summed E-state index contributed by atoms with van der Waals surface area (Å²) in [6.07, 6.45) is 0.983. The molecule has 1 N–H and O–H groups in total. The van der Waals surface area contributed by atoms with Gasteiger partial charge in [0.05, 0.1) is 13.2 Å². The Balaban J connectivity index is 2.04. The van der Waals surface area contributed by atoms with Crippen molar-refractivity contribution in [3.63, 3.8) is 0 Å². The number of rotatable bonds is 9. The molecule has 2 aromatic rings. The van der Waals surface area contributed by atoms with Crippen molar-refractivity contribution in [2.45, 2.75) is 40.2 Å². The first-order chi connectivity index (χ1) is 13.3. The molecule has 150 valence electrons. The monoisotopic (exact) mass is 383 g/mol. The highest BCUT2D eigenvalue weighted by molar-refractivity contribution is 5.94. The predicted octanol–water partition coefficient (Wildman–Crippen LogP) is 4.35. The molecule has 0 aromatic heterocycles. The molecule has 0 aliphatic heterocycles. The lowest BCUT2D eigenvalue weighted by molar-refractivity contribution is -0.124. The van der Waals surface area contributed by atoms with Crippen LogP contribution in [0.4, 0.5) is 0 Å². The minimum Gasteiger partial charge on any atom is -0.493 e. The zero-order valence-electron chi connectivity index (χ0n) is 17.2. The van der Waals surface area contributed by atoms with Crippen LogP contribution in [0.2, 0.25) is 0 Å². The third kappa shape index (κ3) is 5.59. The largest absolute Gasteiger partial charge is 0.493 e. The quantitative estimate of drug-likeness (QED) is 0.654. The second kappa shape index (κ2) is 9.93. The number of carbonyl (C=O) groups is 2. The van der Waals surface area contributed by atoms with Crippen LogP contribution < -0.4 is 14.8 Å². The fourth-order valence-corrected chi connectivity index (χ4v) is 2.96. The third-order valence-corrected chi connectivity index (χ3v) is 4.66. The Hall–Kier alpha value is -2.82. The molecular weight excluding hydrogens is 354 g/mol. The topological polar surface area (TPSA) is 64.6 Å². The molecule has 1 atom stereocenters. The lowest BCUT2D eigenvalue weighted by Crippen LogP contribution is -2.35. The van der Waals surface area contributed by atoms with Gasteiger partial charge in [-0.15, -0.1) is 0 Å². The number of ether oxygens (including phenoxy) is 2. The molecule has 0 aliphatic carbocycles. The van der Waals surface area contributed by atoms with Gasteiger partial charge in [0.2, 0.25) is 0 Å². The van der Waals surface area contributed by atoms with Crippen LogP contribution in [0.15, 0.2) is 42.5 Å². The Morgan fingerprint density at radius 1 is 1.04 bits per heavy atom. The molecule has 0 aliphatic rings. The Kier molecular flexibility index (Phi) is 7.61. The van der Waals surface area contributed by atoms with Gasteiger partial charge in [0.15, 0.2) is 23.9 Å². The first-order valence-electron chi connectivity index (χ1n) is 9.55. The van der Waals surface area contributed by atoms with E-state index in [-0.39, 0.29) is 30.3 Å². The normalized spacial score (nSPS) is 11.8. The van der Waals surface area contributed by atoms with E-state index < -0.39 is 0 Å². The Labute approximate surface area is 167 Å². The number of carbonyl (C=O) groups excluding carboxylic acids is 2. The maximum atomic E-state index is 12.5. The van der Waals surface area contributed by atoms with Gasteiger partial charge in [-0.25, -0.2) is 0 Å². The smallest absolute Gasteiger partial charge is 0.258 e. The molecule has 1 unspecified atom stereocenters. The van der Waals surface area contributed by atoms with Gasteiger partial charge in [-0.1, -0.05) is 45.0 Å². The average molecular weight is 383 g/mol. The van der Waals surface area contributed by atoms with E-state index in [1.165, 1.54) is 19.6 Å². The number of hydrogen-bond acceptors (Lipinski definition) is 4. The summed E-state index contributed by atoms with van der Waals surface area (Å²) in [7, 11) is 1.50. The highest BCUT2D eigenvalue weighted by Gasteiger charge is 2.19. The summed E-state index contributed by atoms with van der Waals surface area (Å²) in [4.78, 5) is 24.0. The molecule has 5 nitrogen and oxygen atoms in total. The molecule has 2 rings (SSSR count). The fourth-order valence-electron chi connectivity index (χ4n) is 2.96. The highest BCUT2D eigenvalue weighted by Crippen LogP contribution is 2.28. The number of amides is 1. The van der Waals surface area contributed by atoms with Crippen molar-refractivity contribution < 1.29 is 19.1 Å². The molecular formula is C23H29NO4. The van der Waals surface area contributed by atoms with E-state index in [0.29, 0.717) is 17.1 Å². The van der Waals surface area contributed by atoms with Gasteiger partial charge >= 0.3 is 0 Å². The minimum atomic E-state index is -0.212. The van der Waals surface area contributed by atoms with Crippen molar-refractivity contribution in [3.8, 4) is 11.5 Å². The van der Waals surface area contributed by atoms with Crippen LogP contribution in [0.3, 0.4) is 0 Å². The van der Waals surface area contributed by atoms with E-state index >= 15 is 0 Å². The molecule has 28 heavy (non-hydrogen) atoms. The Morgan fingerprint density at radius 2 is 1.71 bits per heavy atom. The lowest BCUT2D eigenvalue weighted by Gasteiger charge is -2.23. The van der Waals surface area contributed by atoms with Crippen LogP contribution in [-0.2, 0) is 11.2 Å². The van der Waals surface area contributed by atoms with Crippen LogP contribution >= 0.6 is 0 Å². The van der Waals surface area contributed by atoms with Gasteiger partial charge in [0.25, 0.3) is 5.91 Å². The molecule has 0 bridgehead atoms. The summed E-state index contributed by atoms with van der Waals surface area (Å²) in [6.45, 7) is 7.62. The summed E-state index contributed by atoms with van der Waals surface area (Å²) in [6, 6.07) is 13.1. The fraction of sp³-hybridized carbons (Fsp3) is 0.391. The van der Waals surface area contributed by atoms with Crippen LogP contribution in [0.25, 0.3) is 0 Å². The number of Topliss-reactive ketones (excluding diaryl/α,β-unsaturated/α-hetero) is 1. The lowest BCUT2D eigenvalue weighted by atomic mass is 9.95. The molecule has 0 fully saturated rings. The zero-order chi connectivity index (χ0) is 20.7. The predicted molar refractivity (Wildman–Crippen MR) is 110 cm³/mol. The highest BCUT2D eigenvalue weighted by atomic mass is 16.5. The van der Waals surface area contributed by atoms with Gasteiger partial charge in [-0.3, -0.25) is 9.59 Å². The number of aryl methyl sites for hydroxylation is 1. The van der Waals surface area contributed by atoms with Crippen LogP contribution in [-0.4, -0.2) is 25.4 Å². The Morgan fingerprint density at radius 3 is 2.25 bits per heavy atom. The van der Waals surface area contributed by atoms with Gasteiger partial charge < -0.3 is 14.8 Å². The van der Waals surface area contributed by atoms with E-state index in [1.54, 1.807) is 18.2 Å². The van der Waals surface area contributed by atoms with E-state index in [2.05, 4.69) is 50.4 Å². The minimum absolute atomic E-state index is 0.0588. The molecule has 0 saturated carbocycles. The number of hydrogen-bond donors (Lipinski definition) is 1. The third-order valence-electron chi connectivity index (χ3n) is 4.66. The van der Waals surface area contributed by atoms with Crippen molar-refractivity contribution in [1.29, 1.82) is 0 Å². The van der Waals surface area contributed by atoms with Crippen molar-refractivity contribution >= 4 is 11.7 Å². The molecule has 1 amide bonds. The number of ketones is 1. The summed E-state index contributed by atoms with van der Waals surface area (Å²) in [5.74, 6) is 0.820. The second-order valence-electron chi connectivity index (χ2n) is 7.09. The molecule has 2 aromatic carbocycles. The van der Waals surface area contributed by atoms with Crippen molar-refractivity contribution in [1.82, 2.24) is 5.32 Å². The van der Waals surface area contributed by atoms with Gasteiger partial charge in [0, 0.05) is 5.56 Å². The molecule has 0 spiro atoms. The van der Waals surface area contributed by atoms with Gasteiger partial charge in [0.1, 0.15) is 0 Å². The van der Waals surface area contributed by atoms with Gasteiger partial charge in [-0.05, 0) is 48.6 Å². The summed E-state index contributed by atoms with van der Waals surface area (Å²) in [5.41, 5.74) is 2.87. The summed E-state index contributed by atoms with van der Waals surface area (Å²) in [5, 5.41) is 3.05. The standard InChI is InChI=1S/C23H29NO4/c1-6-17-7-9-18(10-8-17)23(15(2)3)24-22(26)14-28-20-12-11-19(16(4)25)13-21(20)27-5/h7-13,15,23H,6,14H2,1-5H3,(H,24,26). The maximum Gasteiger partial charge on any atom is 0.258 e. The first-order valence-corrected chi connectivity index (χ1v) is 9.55. The Bertz CT molecular complexity index is 812. The van der Waals surface area contributed by atoms with E-state index in [9.17, 15) is 9.59 Å². The van der Waals surface area contributed by atoms with Crippen molar-refractivity contribution in [2.75, 3.05) is 13.7 Å². The van der Waals surface area contributed by atoms with Crippen LogP contribution in [0.1, 0.15) is 55.2 Å². The van der Waals surface area contributed by atoms with E-state index in [0.717, 1.165) is 12.0 Å². The molecule has 0 saturated heterocycles. The van der Waals surface area contributed by atoms with E-state index in [4.69, 9.17) is 9.47 Å². The molecule has 0 radical (unpaired) electrons. The van der Waals surface area contributed by atoms with Crippen LogP contribution in [0.5, 0.6) is 11.5 Å². The second-order valence-corrected chi connectivity index (χ2v) is 7.09. The summed E-state index contributed by atoms with van der Waals surface area (Å²) < 4.78 is 10.9. The number of benzene rings is 2. The summed E-state index contributed by atoms with van der Waals surface area (Å²) >= 11 is 0. The van der Waals surface area contributed by atoms with Crippen molar-refractivity contribution in [2.24, 2.45) is 5.92 Å². The molecule has 5 heteroatoms. The first kappa shape index (κ1) is 21.5. The van der Waals surface area contributed by atoms with Crippen LogP contribution in [0, 0.1) is 5.92 Å². The van der Waals surface area contributed by atoms with E-state index in [1.807, 2.05) is 0 Å².